The van der Waals surface area contributed by atoms with Crippen molar-refractivity contribution in [3.05, 3.63) is 0 Å². The molecule has 106 valence electrons. The lowest BCUT2D eigenvalue weighted by Crippen LogP contribution is -2.44. The van der Waals surface area contributed by atoms with E-state index in [9.17, 15) is 4.79 Å². The van der Waals surface area contributed by atoms with Crippen LogP contribution < -0.4 is 5.32 Å². The lowest BCUT2D eigenvalue weighted by molar-refractivity contribution is 0.161. The molecule has 0 aromatic rings. The molecule has 18 heavy (non-hydrogen) atoms. The van der Waals surface area contributed by atoms with E-state index in [1.807, 2.05) is 11.8 Å². The van der Waals surface area contributed by atoms with Crippen LogP contribution >= 0.6 is 0 Å². The van der Waals surface area contributed by atoms with Gasteiger partial charge < -0.3 is 19.9 Å². The highest BCUT2D eigenvalue weighted by molar-refractivity contribution is 5.74. The Balaban J connectivity index is 2.30. The van der Waals surface area contributed by atoms with Crippen LogP contribution in [0.25, 0.3) is 0 Å². The third kappa shape index (κ3) is 4.82. The first-order valence-electron chi connectivity index (χ1n) is 6.79. The Kier molecular flexibility index (Phi) is 6.43. The van der Waals surface area contributed by atoms with Crippen LogP contribution in [0.4, 0.5) is 4.79 Å². The average molecular weight is 257 g/mol. The Bertz CT molecular complexity index is 261. The Morgan fingerprint density at radius 3 is 2.94 bits per heavy atom. The lowest BCUT2D eigenvalue weighted by atomic mass is 10.1. The highest BCUT2D eigenvalue weighted by Gasteiger charge is 2.27. The molecular weight excluding hydrogens is 230 g/mol. The van der Waals surface area contributed by atoms with Crippen LogP contribution in [0.2, 0.25) is 0 Å². The molecule has 0 aliphatic carbocycles. The molecule has 0 aromatic carbocycles. The predicted molar refractivity (Wildman–Crippen MR) is 72.7 cm³/mol. The zero-order valence-corrected chi connectivity index (χ0v) is 12.1. The summed E-state index contributed by atoms with van der Waals surface area (Å²) >= 11 is 0. The van der Waals surface area contributed by atoms with Gasteiger partial charge in [0.25, 0.3) is 0 Å². The highest BCUT2D eigenvalue weighted by atomic mass is 16.5. The van der Waals surface area contributed by atoms with Gasteiger partial charge in [0.05, 0.1) is 12.6 Å². The van der Waals surface area contributed by atoms with Crippen molar-refractivity contribution in [1.29, 1.82) is 0 Å². The summed E-state index contributed by atoms with van der Waals surface area (Å²) in [4.78, 5) is 16.2. The summed E-state index contributed by atoms with van der Waals surface area (Å²) in [5.41, 5.74) is 0. The van der Waals surface area contributed by atoms with E-state index in [1.54, 1.807) is 7.11 Å². The second-order valence-corrected chi connectivity index (χ2v) is 5.26. The van der Waals surface area contributed by atoms with Crippen LogP contribution in [0.15, 0.2) is 0 Å². The summed E-state index contributed by atoms with van der Waals surface area (Å²) in [6, 6.07) is 0.112. The Labute approximate surface area is 110 Å². The third-order valence-electron chi connectivity index (χ3n) is 3.47. The van der Waals surface area contributed by atoms with Gasteiger partial charge in [-0.2, -0.15) is 0 Å². The number of carbonyl (C=O) groups is 1. The molecule has 0 bridgehead atoms. The van der Waals surface area contributed by atoms with E-state index < -0.39 is 0 Å². The van der Waals surface area contributed by atoms with Gasteiger partial charge in [-0.05, 0) is 32.9 Å². The van der Waals surface area contributed by atoms with Crippen LogP contribution in [0.1, 0.15) is 20.3 Å². The molecule has 1 heterocycles. The number of nitrogens with zero attached hydrogens (tertiary/aromatic N) is 2. The number of carbonyl (C=O) groups excluding carboxylic acids is 1. The Morgan fingerprint density at radius 1 is 1.61 bits per heavy atom. The monoisotopic (exact) mass is 257 g/mol. The molecule has 5 heteroatoms. The van der Waals surface area contributed by atoms with Crippen LogP contribution in [-0.2, 0) is 4.74 Å². The van der Waals surface area contributed by atoms with Gasteiger partial charge in [0.1, 0.15) is 0 Å². The molecule has 0 radical (unpaired) electrons. The first-order valence-corrected chi connectivity index (χ1v) is 6.79. The summed E-state index contributed by atoms with van der Waals surface area (Å²) < 4.78 is 5.02. The highest BCUT2D eigenvalue weighted by Crippen LogP contribution is 2.17. The number of ether oxygens (including phenoxy) is 1. The summed E-state index contributed by atoms with van der Waals surface area (Å²) in [6.07, 6.45) is 1.11. The van der Waals surface area contributed by atoms with E-state index in [0.717, 1.165) is 32.6 Å². The van der Waals surface area contributed by atoms with Crippen LogP contribution in [-0.4, -0.2) is 68.8 Å². The number of hydrogen-bond donors (Lipinski definition) is 1. The normalized spacial score (nSPS) is 21.4. The maximum absolute atomic E-state index is 12.0. The van der Waals surface area contributed by atoms with Crippen molar-refractivity contribution in [3.8, 4) is 0 Å². The van der Waals surface area contributed by atoms with Gasteiger partial charge in [-0.15, -0.1) is 0 Å². The van der Waals surface area contributed by atoms with Gasteiger partial charge >= 0.3 is 6.03 Å². The van der Waals surface area contributed by atoms with E-state index in [-0.39, 0.29) is 12.1 Å². The second kappa shape index (κ2) is 7.59. The van der Waals surface area contributed by atoms with Gasteiger partial charge in [-0.3, -0.25) is 0 Å². The molecule has 1 saturated heterocycles. The van der Waals surface area contributed by atoms with Crippen molar-refractivity contribution in [2.45, 2.75) is 26.3 Å². The van der Waals surface area contributed by atoms with Crippen LogP contribution in [0.3, 0.4) is 0 Å². The Morgan fingerprint density at radius 2 is 2.33 bits per heavy atom. The minimum atomic E-state index is 0.0428. The molecule has 1 rings (SSSR count). The molecule has 1 aliphatic heterocycles. The first-order chi connectivity index (χ1) is 8.56. The van der Waals surface area contributed by atoms with Crippen molar-refractivity contribution in [2.75, 3.05) is 46.9 Å². The maximum atomic E-state index is 12.0. The van der Waals surface area contributed by atoms with E-state index in [2.05, 4.69) is 24.2 Å². The van der Waals surface area contributed by atoms with Crippen molar-refractivity contribution >= 4 is 6.03 Å². The van der Waals surface area contributed by atoms with Crippen molar-refractivity contribution in [3.63, 3.8) is 0 Å². The molecule has 0 spiro atoms. The van der Waals surface area contributed by atoms with Gasteiger partial charge in [-0.1, -0.05) is 6.92 Å². The van der Waals surface area contributed by atoms with E-state index >= 15 is 0 Å². The number of nitrogens with one attached hydrogen (secondary N) is 1. The van der Waals surface area contributed by atoms with E-state index in [4.69, 9.17) is 4.74 Å². The van der Waals surface area contributed by atoms with Crippen LogP contribution in [0, 0.1) is 5.92 Å². The number of likely N-dealkylation sites (tertiary alicyclic amines) is 1. The zero-order valence-electron chi connectivity index (χ0n) is 12.1. The van der Waals surface area contributed by atoms with Crippen molar-refractivity contribution < 1.29 is 9.53 Å². The standard InChI is InChI=1S/C13H27N3O2/c1-5-15(3)8-12-6-7-16(9-12)13(17)14-11(2)10-18-4/h11-12H,5-10H2,1-4H3,(H,14,17)/t11-,12-/m0/s1. The van der Waals surface area contributed by atoms with Crippen molar-refractivity contribution in [2.24, 2.45) is 5.92 Å². The fraction of sp³-hybridized carbons (Fsp3) is 0.923. The summed E-state index contributed by atoms with van der Waals surface area (Å²) in [6.45, 7) is 8.55. The molecule has 1 aliphatic rings. The largest absolute Gasteiger partial charge is 0.383 e. The molecular formula is C13H27N3O2. The molecule has 0 unspecified atom stereocenters. The number of rotatable bonds is 6. The molecule has 5 nitrogen and oxygen atoms in total. The minimum absolute atomic E-state index is 0.0428. The molecule has 1 N–H and O–H groups in total. The van der Waals surface area contributed by atoms with Gasteiger partial charge in [0, 0.05) is 26.7 Å². The summed E-state index contributed by atoms with van der Waals surface area (Å²) in [5, 5.41) is 2.96. The average Bonchev–Trinajstić information content (AvgIpc) is 2.77. The molecule has 0 aromatic heterocycles. The SMILES string of the molecule is CCN(C)C[C@@H]1CCN(C(=O)N[C@@H](C)COC)C1. The van der Waals surface area contributed by atoms with Gasteiger partial charge in [0.2, 0.25) is 0 Å². The number of amides is 2. The fourth-order valence-corrected chi connectivity index (χ4v) is 2.33. The maximum Gasteiger partial charge on any atom is 0.317 e. The minimum Gasteiger partial charge on any atom is -0.383 e. The molecule has 2 amide bonds. The third-order valence-corrected chi connectivity index (χ3v) is 3.47. The lowest BCUT2D eigenvalue weighted by Gasteiger charge is -2.22. The topological polar surface area (TPSA) is 44.8 Å². The number of hydrogen-bond acceptors (Lipinski definition) is 3. The predicted octanol–water partition coefficient (Wildman–Crippen LogP) is 1.00. The molecule has 0 saturated carbocycles. The van der Waals surface area contributed by atoms with Crippen LogP contribution in [0.5, 0.6) is 0 Å². The fourth-order valence-electron chi connectivity index (χ4n) is 2.33. The van der Waals surface area contributed by atoms with Gasteiger partial charge in [-0.25, -0.2) is 4.79 Å². The first kappa shape index (κ1) is 15.2. The molecule has 2 atom stereocenters. The Hall–Kier alpha value is -0.810. The second-order valence-electron chi connectivity index (χ2n) is 5.26. The smallest absolute Gasteiger partial charge is 0.317 e. The van der Waals surface area contributed by atoms with E-state index in [0.29, 0.717) is 12.5 Å². The van der Waals surface area contributed by atoms with Crippen molar-refractivity contribution in [1.82, 2.24) is 15.1 Å². The molecule has 1 fully saturated rings. The van der Waals surface area contributed by atoms with E-state index in [1.165, 1.54) is 0 Å². The van der Waals surface area contributed by atoms with Gasteiger partial charge in [0.15, 0.2) is 0 Å². The number of methoxy groups -OCH3 is 1. The zero-order chi connectivity index (χ0) is 13.5. The quantitative estimate of drug-likeness (QED) is 0.772. The summed E-state index contributed by atoms with van der Waals surface area (Å²) in [7, 11) is 3.78. The summed E-state index contributed by atoms with van der Waals surface area (Å²) in [5.74, 6) is 0.610. The number of urea groups is 1.